The number of esters is 1. The van der Waals surface area contributed by atoms with Gasteiger partial charge < -0.3 is 30.3 Å². The van der Waals surface area contributed by atoms with Gasteiger partial charge in [0.05, 0.1) is 24.9 Å². The second-order valence-electron chi connectivity index (χ2n) is 10.2. The molecule has 5 N–H and O–H groups in total. The maximum absolute atomic E-state index is 12.3. The minimum atomic E-state index is -4.41. The number of carbonyl (C=O) groups excluding carboxylic acids is 1. The number of hydrogen-bond acceptors (Lipinski definition) is 9. The number of rotatable bonds is 5. The lowest BCUT2D eigenvalue weighted by Gasteiger charge is -2.21. The summed E-state index contributed by atoms with van der Waals surface area (Å²) >= 11 is 0. The number of ether oxygens (including phenoxy) is 2. The molecular formula is C26H48NO9P. The van der Waals surface area contributed by atoms with Gasteiger partial charge in [-0.3, -0.25) is 13.8 Å². The van der Waals surface area contributed by atoms with E-state index in [9.17, 15) is 24.5 Å². The van der Waals surface area contributed by atoms with E-state index in [1.54, 1.807) is 0 Å². The summed E-state index contributed by atoms with van der Waals surface area (Å²) in [5.74, 6) is -0.341. The van der Waals surface area contributed by atoms with Gasteiger partial charge in [-0.05, 0) is 58.3 Å². The SMILES string of the molecule is CC1CCC/C=C/CCCCCCCCC(O)C(O)C2OC2C(OP(=O)(O)OCCN)CCCC(=O)O1. The van der Waals surface area contributed by atoms with Crippen molar-refractivity contribution in [2.24, 2.45) is 5.73 Å². The molecule has 1 saturated heterocycles. The third kappa shape index (κ3) is 13.7. The third-order valence-corrected chi connectivity index (χ3v) is 7.82. The maximum Gasteiger partial charge on any atom is 0.472 e. The molecule has 216 valence electrons. The summed E-state index contributed by atoms with van der Waals surface area (Å²) in [7, 11) is -4.41. The van der Waals surface area contributed by atoms with E-state index in [1.807, 2.05) is 6.92 Å². The summed E-state index contributed by atoms with van der Waals surface area (Å²) in [4.78, 5) is 22.4. The van der Waals surface area contributed by atoms with Gasteiger partial charge in [0.25, 0.3) is 0 Å². The Labute approximate surface area is 221 Å². The Morgan fingerprint density at radius 3 is 2.38 bits per heavy atom. The van der Waals surface area contributed by atoms with Crippen molar-refractivity contribution < 1.29 is 43.0 Å². The number of fused-ring (bicyclic) bond motifs is 1. The Bertz CT molecular complexity index is 722. The van der Waals surface area contributed by atoms with E-state index in [2.05, 4.69) is 12.2 Å². The standard InChI is InChI=1S/C26H48NO9P/c1-20-14-11-9-7-5-3-2-4-6-8-10-12-15-21(28)24(30)26-25(35-26)22(16-13-17-23(29)34-20)36-37(31,32)33-19-18-27/h5,7,20-22,24-26,28,30H,2-4,6,8-19,27H2,1H3,(H,31,32)/b7-5+. The molecule has 0 aromatic heterocycles. The van der Waals surface area contributed by atoms with Gasteiger partial charge in [-0.15, -0.1) is 0 Å². The van der Waals surface area contributed by atoms with Crippen molar-refractivity contribution in [3.63, 3.8) is 0 Å². The molecule has 7 atom stereocenters. The lowest BCUT2D eigenvalue weighted by Crippen LogP contribution is -2.34. The monoisotopic (exact) mass is 549 g/mol. The van der Waals surface area contributed by atoms with Crippen LogP contribution in [0.15, 0.2) is 12.2 Å². The zero-order valence-corrected chi connectivity index (χ0v) is 23.1. The molecule has 7 unspecified atom stereocenters. The van der Waals surface area contributed by atoms with Gasteiger partial charge in [0, 0.05) is 13.0 Å². The minimum Gasteiger partial charge on any atom is -0.463 e. The predicted octanol–water partition coefficient (Wildman–Crippen LogP) is 3.90. The van der Waals surface area contributed by atoms with Crippen molar-refractivity contribution >= 4 is 13.8 Å². The van der Waals surface area contributed by atoms with Crippen LogP contribution in [0.3, 0.4) is 0 Å². The van der Waals surface area contributed by atoms with Crippen LogP contribution in [0.4, 0.5) is 0 Å². The smallest absolute Gasteiger partial charge is 0.463 e. The number of cyclic esters (lactones) is 1. The van der Waals surface area contributed by atoms with Crippen molar-refractivity contribution in [2.45, 2.75) is 133 Å². The summed E-state index contributed by atoms with van der Waals surface area (Å²) in [6.45, 7) is 1.77. The summed E-state index contributed by atoms with van der Waals surface area (Å²) < 4.78 is 33.6. The highest BCUT2D eigenvalue weighted by atomic mass is 31.2. The topological polar surface area (TPSA) is 161 Å². The van der Waals surface area contributed by atoms with Crippen LogP contribution in [0.2, 0.25) is 0 Å². The Morgan fingerprint density at radius 1 is 0.973 bits per heavy atom. The van der Waals surface area contributed by atoms with Crippen LogP contribution in [0, 0.1) is 0 Å². The predicted molar refractivity (Wildman–Crippen MR) is 140 cm³/mol. The average Bonchev–Trinajstić information content (AvgIpc) is 3.64. The number of aliphatic hydroxyl groups excluding tert-OH is 2. The van der Waals surface area contributed by atoms with E-state index in [0.29, 0.717) is 12.8 Å². The van der Waals surface area contributed by atoms with Crippen molar-refractivity contribution in [3.05, 3.63) is 12.2 Å². The molecule has 0 saturated carbocycles. The van der Waals surface area contributed by atoms with E-state index in [4.69, 9.17) is 24.3 Å². The number of epoxide rings is 1. The summed E-state index contributed by atoms with van der Waals surface area (Å²) in [5, 5.41) is 21.1. The fourth-order valence-electron chi connectivity index (χ4n) is 4.62. The van der Waals surface area contributed by atoms with Crippen LogP contribution >= 0.6 is 7.82 Å². The number of hydrogen-bond donors (Lipinski definition) is 4. The fourth-order valence-corrected chi connectivity index (χ4v) is 5.58. The van der Waals surface area contributed by atoms with Gasteiger partial charge in [-0.1, -0.05) is 44.3 Å². The van der Waals surface area contributed by atoms with Crippen molar-refractivity contribution in [2.75, 3.05) is 13.2 Å². The number of carbonyl (C=O) groups is 1. The van der Waals surface area contributed by atoms with E-state index in [-0.39, 0.29) is 38.1 Å². The van der Waals surface area contributed by atoms with Gasteiger partial charge in [0.2, 0.25) is 0 Å². The molecular weight excluding hydrogens is 501 g/mol. The Hall–Kier alpha value is -0.840. The largest absolute Gasteiger partial charge is 0.472 e. The second-order valence-corrected chi connectivity index (χ2v) is 11.6. The summed E-state index contributed by atoms with van der Waals surface area (Å²) in [6, 6.07) is 0. The molecule has 37 heavy (non-hydrogen) atoms. The molecule has 2 aliphatic heterocycles. The molecule has 2 aliphatic rings. The number of nitrogens with two attached hydrogens (primary N) is 1. The lowest BCUT2D eigenvalue weighted by molar-refractivity contribution is -0.148. The number of phosphoric acid groups is 1. The zero-order chi connectivity index (χ0) is 27.1. The van der Waals surface area contributed by atoms with Crippen molar-refractivity contribution in [3.8, 4) is 0 Å². The normalized spacial score (nSPS) is 34.8. The van der Waals surface area contributed by atoms with Gasteiger partial charge in [0.15, 0.2) is 0 Å². The fraction of sp³-hybridized carbons (Fsp3) is 0.885. The lowest BCUT2D eigenvalue weighted by atomic mass is 9.98. The van der Waals surface area contributed by atoms with Gasteiger partial charge in [-0.25, -0.2) is 4.57 Å². The first-order chi connectivity index (χ1) is 17.7. The molecule has 11 heteroatoms. The molecule has 0 aromatic carbocycles. The zero-order valence-electron chi connectivity index (χ0n) is 22.2. The minimum absolute atomic E-state index is 0.0480. The quantitative estimate of drug-likeness (QED) is 0.171. The van der Waals surface area contributed by atoms with Gasteiger partial charge in [0.1, 0.15) is 18.3 Å². The molecule has 0 aromatic rings. The highest BCUT2D eigenvalue weighted by Gasteiger charge is 2.53. The van der Waals surface area contributed by atoms with Crippen LogP contribution in [-0.4, -0.2) is 70.9 Å². The second kappa shape index (κ2) is 17.7. The molecule has 2 rings (SSSR count). The summed E-state index contributed by atoms with van der Waals surface area (Å²) in [6.07, 6.45) is 11.1. The molecule has 0 spiro atoms. The molecule has 0 bridgehead atoms. The van der Waals surface area contributed by atoms with Gasteiger partial charge in [-0.2, -0.15) is 0 Å². The highest BCUT2D eigenvalue weighted by Crippen LogP contribution is 2.48. The van der Waals surface area contributed by atoms with E-state index >= 15 is 0 Å². The van der Waals surface area contributed by atoms with E-state index in [1.165, 1.54) is 6.42 Å². The van der Waals surface area contributed by atoms with Crippen molar-refractivity contribution in [1.29, 1.82) is 0 Å². The number of allylic oxidation sites excluding steroid dienone is 2. The average molecular weight is 550 g/mol. The molecule has 0 radical (unpaired) electrons. The van der Waals surface area contributed by atoms with Crippen molar-refractivity contribution in [1.82, 2.24) is 0 Å². The summed E-state index contributed by atoms with van der Waals surface area (Å²) in [5.41, 5.74) is 5.35. The van der Waals surface area contributed by atoms with Gasteiger partial charge >= 0.3 is 13.8 Å². The first-order valence-corrected chi connectivity index (χ1v) is 15.4. The Morgan fingerprint density at radius 2 is 1.65 bits per heavy atom. The molecule has 10 nitrogen and oxygen atoms in total. The van der Waals surface area contributed by atoms with Crippen LogP contribution in [0.25, 0.3) is 0 Å². The number of aliphatic hydroxyl groups is 2. The van der Waals surface area contributed by atoms with Crippen LogP contribution in [0.1, 0.15) is 96.8 Å². The van der Waals surface area contributed by atoms with E-state index < -0.39 is 38.3 Å². The van der Waals surface area contributed by atoms with Crippen LogP contribution in [0.5, 0.6) is 0 Å². The van der Waals surface area contributed by atoms with Crippen LogP contribution < -0.4 is 5.73 Å². The van der Waals surface area contributed by atoms with E-state index in [0.717, 1.165) is 57.8 Å². The Balaban J connectivity index is 1.97. The highest BCUT2D eigenvalue weighted by molar-refractivity contribution is 7.47. The third-order valence-electron chi connectivity index (χ3n) is 6.77. The first kappa shape index (κ1) is 32.4. The maximum atomic E-state index is 12.3. The first-order valence-electron chi connectivity index (χ1n) is 14.0. The molecule has 0 amide bonds. The Kier molecular flexibility index (Phi) is 15.5. The van der Waals surface area contributed by atoms with Crippen LogP contribution in [-0.2, 0) is 27.9 Å². The molecule has 0 aliphatic carbocycles. The molecule has 2 heterocycles. The molecule has 1 fully saturated rings. The number of phosphoric ester groups is 1.